The Morgan fingerprint density at radius 2 is 1.21 bits per heavy atom. The van der Waals surface area contributed by atoms with Crippen molar-refractivity contribution in [2.75, 3.05) is 55.6 Å². The van der Waals surface area contributed by atoms with E-state index in [4.69, 9.17) is 34.2 Å². The van der Waals surface area contributed by atoms with Crippen molar-refractivity contribution in [3.63, 3.8) is 0 Å². The lowest BCUT2D eigenvalue weighted by Gasteiger charge is -2.33. The average Bonchev–Trinajstić information content (AvgIpc) is 4.03. The lowest BCUT2D eigenvalue weighted by atomic mass is 10.0. The molecule has 21 heteroatoms. The van der Waals surface area contributed by atoms with E-state index in [1.54, 1.807) is 61.8 Å². The Labute approximate surface area is 425 Å². The van der Waals surface area contributed by atoms with Gasteiger partial charge in [0.25, 0.3) is 11.8 Å². The zero-order valence-corrected chi connectivity index (χ0v) is 42.8. The minimum absolute atomic E-state index is 0.0873. The van der Waals surface area contributed by atoms with Gasteiger partial charge in [-0.3, -0.25) is 19.2 Å². The second kappa shape index (κ2) is 22.9. The van der Waals surface area contributed by atoms with E-state index in [1.807, 2.05) is 13.8 Å². The molecule has 4 aliphatic heterocycles. The lowest BCUT2D eigenvalue weighted by Crippen LogP contribution is -2.51. The van der Waals surface area contributed by atoms with Crippen LogP contribution in [-0.4, -0.2) is 139 Å². The van der Waals surface area contributed by atoms with Crippen molar-refractivity contribution in [3.05, 3.63) is 65.2 Å². The molecule has 0 saturated carbocycles. The summed E-state index contributed by atoms with van der Waals surface area (Å²) in [6.07, 6.45) is -0.481. The molecule has 7 rings (SSSR count). The van der Waals surface area contributed by atoms with Gasteiger partial charge in [0.15, 0.2) is 35.5 Å². The second-order valence-corrected chi connectivity index (χ2v) is 20.0. The van der Waals surface area contributed by atoms with E-state index in [-0.39, 0.29) is 83.1 Å². The van der Waals surface area contributed by atoms with Crippen LogP contribution >= 0.6 is 0 Å². The zero-order valence-electron chi connectivity index (χ0n) is 42.8. The summed E-state index contributed by atoms with van der Waals surface area (Å²) in [7, 11) is 2.89. The Balaban J connectivity index is 0.989. The number of nitrogens with two attached hydrogens (primary N) is 1. The number of fused-ring (bicyclic) bond motifs is 4. The lowest BCUT2D eigenvalue weighted by molar-refractivity contribution is -0.127. The van der Waals surface area contributed by atoms with Crippen LogP contribution < -0.4 is 45.1 Å². The number of aliphatic hydroxyl groups excluding tert-OH is 2. The van der Waals surface area contributed by atoms with Gasteiger partial charge in [0.05, 0.1) is 68.1 Å². The van der Waals surface area contributed by atoms with Crippen LogP contribution in [0.15, 0.2) is 48.5 Å². The number of rotatable bonds is 17. The Morgan fingerprint density at radius 1 is 0.712 bits per heavy atom. The van der Waals surface area contributed by atoms with Gasteiger partial charge >= 0.3 is 12.2 Å². The summed E-state index contributed by atoms with van der Waals surface area (Å²) in [6, 6.07) is 9.70. The van der Waals surface area contributed by atoms with Gasteiger partial charge in [-0.15, -0.1) is 0 Å². The fourth-order valence-corrected chi connectivity index (χ4v) is 9.33. The molecule has 0 unspecified atom stereocenters. The molecule has 3 aromatic rings. The number of carbonyl (C=O) groups is 6. The number of unbranched alkanes of at least 4 members (excludes halogenated alkanes) is 2. The smallest absolute Gasteiger partial charge is 0.417 e. The fourth-order valence-electron chi connectivity index (χ4n) is 9.33. The van der Waals surface area contributed by atoms with E-state index >= 15 is 0 Å². The van der Waals surface area contributed by atoms with Gasteiger partial charge in [-0.1, -0.05) is 26.0 Å². The molecular formula is C52H69N7O14. The third kappa shape index (κ3) is 12.0. The average molecular weight is 1020 g/mol. The van der Waals surface area contributed by atoms with Crippen LogP contribution in [0.5, 0.6) is 23.0 Å². The Kier molecular flexibility index (Phi) is 16.9. The summed E-state index contributed by atoms with van der Waals surface area (Å²) >= 11 is 0. The highest BCUT2D eigenvalue weighted by Gasteiger charge is 2.47. The first-order chi connectivity index (χ1) is 34.7. The summed E-state index contributed by atoms with van der Waals surface area (Å²) in [5, 5.41) is 28.7. The van der Waals surface area contributed by atoms with Crippen molar-refractivity contribution in [1.29, 1.82) is 0 Å². The van der Waals surface area contributed by atoms with Crippen LogP contribution in [0.1, 0.15) is 113 Å². The number of ether oxygens (including phenoxy) is 6. The van der Waals surface area contributed by atoms with E-state index in [9.17, 15) is 39.0 Å². The van der Waals surface area contributed by atoms with Gasteiger partial charge in [0, 0.05) is 30.9 Å². The van der Waals surface area contributed by atoms with Gasteiger partial charge in [0.1, 0.15) is 18.2 Å². The molecule has 21 nitrogen and oxygen atoms in total. The number of amides is 6. The van der Waals surface area contributed by atoms with E-state index in [0.29, 0.717) is 69.3 Å². The first-order valence-corrected chi connectivity index (χ1v) is 24.8. The van der Waals surface area contributed by atoms with Crippen LogP contribution in [0.2, 0.25) is 0 Å². The van der Waals surface area contributed by atoms with E-state index in [1.165, 1.54) is 38.5 Å². The van der Waals surface area contributed by atoms with Crippen molar-refractivity contribution < 1.29 is 67.4 Å². The topological polar surface area (TPSA) is 261 Å². The molecule has 2 fully saturated rings. The largest absolute Gasteiger partial charge is 0.493 e. The Bertz CT molecular complexity index is 2530. The van der Waals surface area contributed by atoms with Crippen molar-refractivity contribution >= 4 is 52.9 Å². The molecule has 6 amide bonds. The maximum absolute atomic E-state index is 14.0. The van der Waals surface area contributed by atoms with Gasteiger partial charge < -0.3 is 64.8 Å². The van der Waals surface area contributed by atoms with Crippen molar-refractivity contribution in [1.82, 2.24) is 15.1 Å². The molecular weight excluding hydrogens is 947 g/mol. The molecule has 73 heavy (non-hydrogen) atoms. The van der Waals surface area contributed by atoms with Gasteiger partial charge in [-0.2, -0.15) is 0 Å². The van der Waals surface area contributed by atoms with Crippen LogP contribution in [-0.2, 0) is 25.7 Å². The predicted molar refractivity (Wildman–Crippen MR) is 268 cm³/mol. The number of carbonyl (C=O) groups excluding carboxylic acids is 6. The summed E-state index contributed by atoms with van der Waals surface area (Å²) in [5.74, 6) is -0.664. The molecule has 6 atom stereocenters. The van der Waals surface area contributed by atoms with Crippen LogP contribution in [0.3, 0.4) is 0 Å². The van der Waals surface area contributed by atoms with E-state index in [0.717, 1.165) is 9.80 Å². The van der Waals surface area contributed by atoms with Gasteiger partial charge in [-0.05, 0) is 108 Å². The van der Waals surface area contributed by atoms with E-state index in [2.05, 4.69) is 10.6 Å². The summed E-state index contributed by atoms with van der Waals surface area (Å²) in [6.45, 7) is 11.4. The number of anilines is 3. The van der Waals surface area contributed by atoms with Crippen molar-refractivity contribution in [3.8, 4) is 23.0 Å². The standard InChI is InChI=1S/C52H69N7O14/c1-29(2)43(53)45(61)54-30(3)44(60)55-32-18-16-31(17-19-32)28-72-50(66)58-37-26-41(39(68-7)24-33(37)46(62)56-20-12-14-35(56)48(58)64)70-22-10-9-11-23-71-42-27-38-34(25-40(42)69-8)47(63)57-21-13-15-36(57)49(65)59(38)51(67)73-52(4,5)6/h16-19,24-27,29-30,35-36,43,48-49,64-65H,9-15,20-23,28,53H2,1-8H3,(H,54,61)(H,55,60)/t30-,35-,36-,43-,48-,49-/m0/s1. The molecule has 0 aromatic heterocycles. The highest BCUT2D eigenvalue weighted by molar-refractivity contribution is 6.07. The number of nitrogens with zero attached hydrogens (tertiary/aromatic N) is 4. The first-order valence-electron chi connectivity index (χ1n) is 24.8. The molecule has 2 saturated heterocycles. The number of nitrogens with one attached hydrogen (secondary N) is 2. The molecule has 0 radical (unpaired) electrons. The molecule has 396 valence electrons. The summed E-state index contributed by atoms with van der Waals surface area (Å²) < 4.78 is 35.1. The SMILES string of the molecule is COc1cc2c(cc1OCCCCCOc1cc3c(cc1OC)C(=O)N1CCC[C@H]1[C@H](O)N3C(=O)OC(C)(C)C)N(C(=O)OCc1ccc(NC(=O)[C@H](C)NC(=O)[C@@H](N)C(C)C)cc1)[C@@H](O)[C@@H]1CCCN1C2=O. The molecule has 0 bridgehead atoms. The van der Waals surface area contributed by atoms with E-state index < -0.39 is 66.2 Å². The quantitative estimate of drug-likeness (QED) is 0.104. The highest BCUT2D eigenvalue weighted by Crippen LogP contribution is 2.43. The normalized spacial score (nSPS) is 20.2. The van der Waals surface area contributed by atoms with Crippen molar-refractivity contribution in [2.24, 2.45) is 11.7 Å². The molecule has 0 spiro atoms. The maximum atomic E-state index is 14.0. The Morgan fingerprint density at radius 3 is 1.67 bits per heavy atom. The van der Waals surface area contributed by atoms with Crippen LogP contribution in [0.4, 0.5) is 26.7 Å². The summed E-state index contributed by atoms with van der Waals surface area (Å²) in [4.78, 5) is 86.0. The number of aliphatic hydroxyl groups is 2. The molecule has 4 heterocycles. The predicted octanol–water partition coefficient (Wildman–Crippen LogP) is 5.52. The zero-order chi connectivity index (χ0) is 52.9. The number of benzene rings is 3. The minimum atomic E-state index is -1.45. The highest BCUT2D eigenvalue weighted by atomic mass is 16.6. The Hall–Kier alpha value is -6.84. The second-order valence-electron chi connectivity index (χ2n) is 20.0. The third-order valence-corrected chi connectivity index (χ3v) is 13.3. The molecule has 6 N–H and O–H groups in total. The number of methoxy groups -OCH3 is 2. The molecule has 0 aliphatic carbocycles. The van der Waals surface area contributed by atoms with Crippen molar-refractivity contribution in [2.45, 2.75) is 135 Å². The fraction of sp³-hybridized carbons (Fsp3) is 0.538. The van der Waals surface area contributed by atoms with Gasteiger partial charge in [-0.25, -0.2) is 19.4 Å². The third-order valence-electron chi connectivity index (χ3n) is 13.3. The minimum Gasteiger partial charge on any atom is -0.493 e. The number of hydrogen-bond acceptors (Lipinski definition) is 15. The summed E-state index contributed by atoms with van der Waals surface area (Å²) in [5.41, 5.74) is 6.60. The van der Waals surface area contributed by atoms with Gasteiger partial charge in [0.2, 0.25) is 11.8 Å². The molecule has 4 aliphatic rings. The molecule has 3 aromatic carbocycles. The van der Waals surface area contributed by atoms with Crippen LogP contribution in [0.25, 0.3) is 0 Å². The monoisotopic (exact) mass is 1020 g/mol. The number of hydrogen-bond donors (Lipinski definition) is 5. The maximum Gasteiger partial charge on any atom is 0.417 e. The van der Waals surface area contributed by atoms with Crippen LogP contribution in [0, 0.1) is 5.92 Å². The first kappa shape index (κ1) is 53.9.